The first kappa shape index (κ1) is 16.9. The van der Waals surface area contributed by atoms with Crippen LogP contribution < -0.4 is 0 Å². The van der Waals surface area contributed by atoms with E-state index in [2.05, 4.69) is 25.2 Å². The lowest BCUT2D eigenvalue weighted by atomic mass is 9.74. The third-order valence-electron chi connectivity index (χ3n) is 6.00. The van der Waals surface area contributed by atoms with Crippen LogP contribution in [0.2, 0.25) is 0 Å². The van der Waals surface area contributed by atoms with Crippen LogP contribution in [-0.4, -0.2) is 15.0 Å². The summed E-state index contributed by atoms with van der Waals surface area (Å²) in [6.45, 7) is 2.06. The summed E-state index contributed by atoms with van der Waals surface area (Å²) in [5, 5.41) is 7.66. The second kappa shape index (κ2) is 6.65. The molecule has 1 aromatic rings. The van der Waals surface area contributed by atoms with Gasteiger partial charge in [0.1, 0.15) is 0 Å². The van der Waals surface area contributed by atoms with Crippen LogP contribution in [0.25, 0.3) is 12.2 Å². The predicted molar refractivity (Wildman–Crippen MR) is 102 cm³/mol. The highest BCUT2D eigenvalue weighted by Gasteiger charge is 2.30. The van der Waals surface area contributed by atoms with Crippen LogP contribution in [0.5, 0.6) is 0 Å². The van der Waals surface area contributed by atoms with Gasteiger partial charge in [0.2, 0.25) is 0 Å². The molecule has 3 aliphatic rings. The molecule has 1 aromatic carbocycles. The first-order valence-electron chi connectivity index (χ1n) is 9.26. The van der Waals surface area contributed by atoms with E-state index >= 15 is 0 Å². The van der Waals surface area contributed by atoms with E-state index in [0.29, 0.717) is 10.8 Å². The van der Waals surface area contributed by atoms with Gasteiger partial charge in [0.15, 0.2) is 0 Å². The summed E-state index contributed by atoms with van der Waals surface area (Å²) >= 11 is -2.25. The lowest BCUT2D eigenvalue weighted by Gasteiger charge is -2.31. The van der Waals surface area contributed by atoms with Crippen LogP contribution in [-0.2, 0) is 17.5 Å². The molecule has 0 saturated heterocycles. The Balaban J connectivity index is 1.94. The zero-order valence-corrected chi connectivity index (χ0v) is 15.4. The maximum absolute atomic E-state index is 12.0. The number of benzene rings is 1. The molecule has 0 aromatic heterocycles. The Morgan fingerprint density at radius 1 is 1.32 bits per heavy atom. The molecule has 1 fully saturated rings. The highest BCUT2D eigenvalue weighted by atomic mass is 32.2. The Hall–Kier alpha value is -1.52. The third kappa shape index (κ3) is 3.06. The molecule has 4 rings (SSSR count). The summed E-state index contributed by atoms with van der Waals surface area (Å²) in [6, 6.07) is 1.90. The van der Waals surface area contributed by atoms with Gasteiger partial charge in [-0.3, -0.25) is 4.21 Å². The van der Waals surface area contributed by atoms with Crippen molar-refractivity contribution in [2.45, 2.75) is 56.3 Å². The van der Waals surface area contributed by atoms with E-state index in [9.17, 15) is 8.76 Å². The molecule has 1 saturated carbocycles. The van der Waals surface area contributed by atoms with Crippen molar-refractivity contribution in [3.8, 4) is 0 Å². The summed E-state index contributed by atoms with van der Waals surface area (Å²) in [5.41, 5.74) is 5.83. The van der Waals surface area contributed by atoms with Gasteiger partial charge in [-0.15, -0.1) is 0 Å². The summed E-state index contributed by atoms with van der Waals surface area (Å²) in [4.78, 5) is 0.433. The maximum Gasteiger partial charge on any atom is 0.0330 e. The second-order valence-electron chi connectivity index (χ2n) is 7.63. The molecule has 3 atom stereocenters. The molecule has 0 amide bonds. The summed E-state index contributed by atoms with van der Waals surface area (Å²) in [5.74, 6) is 1.03. The highest BCUT2D eigenvalue weighted by Crippen LogP contribution is 2.45. The van der Waals surface area contributed by atoms with Crippen LogP contribution in [0, 0.1) is 17.2 Å². The molecule has 132 valence electrons. The molecule has 3 aliphatic carbocycles. The number of hydrogen-bond acceptors (Lipinski definition) is 3. The lowest BCUT2D eigenvalue weighted by Crippen LogP contribution is -2.19. The van der Waals surface area contributed by atoms with Gasteiger partial charge >= 0.3 is 0 Å². The second-order valence-corrected chi connectivity index (χ2v) is 8.54. The van der Waals surface area contributed by atoms with E-state index < -0.39 is 11.1 Å². The minimum Gasteiger partial charge on any atom is -0.768 e. The van der Waals surface area contributed by atoms with Gasteiger partial charge in [-0.2, -0.15) is 0 Å². The third-order valence-corrected chi connectivity index (χ3v) is 6.70. The molecule has 3 unspecified atom stereocenters. The maximum atomic E-state index is 12.0. The van der Waals surface area contributed by atoms with E-state index in [4.69, 9.17) is 5.41 Å². The van der Waals surface area contributed by atoms with E-state index in [1.807, 2.05) is 6.07 Å². The minimum atomic E-state index is -2.25. The van der Waals surface area contributed by atoms with Crippen LogP contribution in [0.3, 0.4) is 0 Å². The molecule has 0 aliphatic heterocycles. The Bertz CT molecular complexity index is 805. The molecule has 0 spiro atoms. The van der Waals surface area contributed by atoms with Crippen molar-refractivity contribution >= 4 is 29.4 Å². The Labute approximate surface area is 152 Å². The molecule has 0 bridgehead atoms. The van der Waals surface area contributed by atoms with Crippen molar-refractivity contribution in [1.82, 2.24) is 0 Å². The van der Waals surface area contributed by atoms with Crippen molar-refractivity contribution in [2.75, 3.05) is 0 Å². The Morgan fingerprint density at radius 2 is 2.12 bits per heavy atom. The van der Waals surface area contributed by atoms with Gasteiger partial charge in [0.05, 0.1) is 0 Å². The van der Waals surface area contributed by atoms with Gasteiger partial charge in [-0.25, -0.2) is 0 Å². The number of allylic oxidation sites excluding steroid dienone is 2. The van der Waals surface area contributed by atoms with Crippen LogP contribution in [0.1, 0.15) is 67.2 Å². The smallest absolute Gasteiger partial charge is 0.0330 e. The van der Waals surface area contributed by atoms with Gasteiger partial charge in [-0.05, 0) is 102 Å². The normalized spacial score (nSPS) is 24.6. The lowest BCUT2D eigenvalue weighted by molar-refractivity contribution is 0.487. The topological polar surface area (TPSA) is 64.0 Å². The first-order chi connectivity index (χ1) is 12.1. The number of nitrogens with one attached hydrogen (secondary N) is 1. The highest BCUT2D eigenvalue weighted by molar-refractivity contribution is 7.79. The van der Waals surface area contributed by atoms with Crippen molar-refractivity contribution in [3.63, 3.8) is 0 Å². The fourth-order valence-electron chi connectivity index (χ4n) is 4.46. The zero-order valence-electron chi connectivity index (χ0n) is 14.6. The predicted octanol–water partition coefficient (Wildman–Crippen LogP) is 4.84. The van der Waals surface area contributed by atoms with Crippen molar-refractivity contribution in [3.05, 3.63) is 40.0 Å². The number of rotatable bonds is 4. The van der Waals surface area contributed by atoms with Gasteiger partial charge < -0.3 is 9.96 Å². The molecule has 0 heterocycles. The van der Waals surface area contributed by atoms with Crippen molar-refractivity contribution in [1.29, 1.82) is 5.41 Å². The Kier molecular flexibility index (Phi) is 4.50. The molecule has 4 heteroatoms. The molecule has 0 radical (unpaired) electrons. The first-order valence-corrected chi connectivity index (χ1v) is 10.3. The average molecular weight is 354 g/mol. The molecule has 25 heavy (non-hydrogen) atoms. The standard InChI is InChI=1S/C21H25NO2S/c1-13(12-22)16-5-3-7-17-18-6-2-4-15(14-8-9-14)10-20(18)21(25(23)24)11-19(16)17/h2,6,10-14,16,22H,3-5,7-9H2,1H3,(H,23,24)/p-1. The van der Waals surface area contributed by atoms with E-state index in [1.165, 1.54) is 30.2 Å². The monoisotopic (exact) mass is 354 g/mol. The van der Waals surface area contributed by atoms with Crippen molar-refractivity contribution in [2.24, 2.45) is 11.8 Å². The summed E-state index contributed by atoms with van der Waals surface area (Å²) in [7, 11) is 0. The van der Waals surface area contributed by atoms with Crippen LogP contribution in [0.15, 0.2) is 22.6 Å². The summed E-state index contributed by atoms with van der Waals surface area (Å²) < 4.78 is 24.0. The van der Waals surface area contributed by atoms with E-state index in [-0.39, 0.29) is 11.8 Å². The van der Waals surface area contributed by atoms with Crippen LogP contribution >= 0.6 is 0 Å². The fourth-order valence-corrected chi connectivity index (χ4v) is 5.03. The minimum absolute atomic E-state index is 0.136. The van der Waals surface area contributed by atoms with E-state index in [0.717, 1.165) is 42.4 Å². The molecule has 1 N–H and O–H groups in total. The quantitative estimate of drug-likeness (QED) is 0.621. The number of fused-ring (bicyclic) bond motifs is 3. The average Bonchev–Trinajstić information content (AvgIpc) is 3.45. The number of hydrogen-bond donors (Lipinski definition) is 1. The fraction of sp³-hybridized carbons (Fsp3) is 0.476. The van der Waals surface area contributed by atoms with Crippen molar-refractivity contribution < 1.29 is 8.76 Å². The zero-order chi connectivity index (χ0) is 17.6. The summed E-state index contributed by atoms with van der Waals surface area (Å²) in [6.07, 6.45) is 14.5. The van der Waals surface area contributed by atoms with Gasteiger partial charge in [0.25, 0.3) is 0 Å². The van der Waals surface area contributed by atoms with E-state index in [1.54, 1.807) is 0 Å². The molecule has 3 nitrogen and oxygen atoms in total. The van der Waals surface area contributed by atoms with Crippen LogP contribution in [0.4, 0.5) is 0 Å². The Morgan fingerprint density at radius 3 is 2.80 bits per heavy atom. The SMILES string of the molecule is CC(C=N)C1CCCc2c1cc(S(=O)[O-])c1c2C=CCC(C2CC2)=C1. The van der Waals surface area contributed by atoms with Gasteiger partial charge in [-0.1, -0.05) is 30.7 Å². The molecular formula is C21H24NO2S-. The van der Waals surface area contributed by atoms with Gasteiger partial charge in [0, 0.05) is 4.90 Å². The molecular weight excluding hydrogens is 330 g/mol. The largest absolute Gasteiger partial charge is 0.768 e.